The van der Waals surface area contributed by atoms with Crippen molar-refractivity contribution in [3.05, 3.63) is 70.3 Å². The highest BCUT2D eigenvalue weighted by Crippen LogP contribution is 2.28. The molecule has 0 aliphatic rings. The number of carbonyl (C=O) groups excluding carboxylic acids is 2. The van der Waals surface area contributed by atoms with E-state index in [1.165, 1.54) is 17.6 Å². The molecule has 2 aromatic heterocycles. The molecule has 7 nitrogen and oxygen atoms in total. The van der Waals surface area contributed by atoms with Crippen LogP contribution >= 0.6 is 11.3 Å². The Morgan fingerprint density at radius 3 is 2.61 bits per heavy atom. The first-order valence-electron chi connectivity index (χ1n) is 8.69. The number of anilines is 1. The summed E-state index contributed by atoms with van der Waals surface area (Å²) in [6.07, 6.45) is 0.642. The zero-order valence-electron chi connectivity index (χ0n) is 15.2. The van der Waals surface area contributed by atoms with Crippen molar-refractivity contribution in [1.29, 1.82) is 0 Å². The van der Waals surface area contributed by atoms with Crippen molar-refractivity contribution in [2.45, 2.75) is 19.6 Å². The smallest absolute Gasteiger partial charge is 0.313 e. The Bertz CT molecular complexity index is 918. The van der Waals surface area contributed by atoms with Gasteiger partial charge in [0.15, 0.2) is 0 Å². The lowest BCUT2D eigenvalue weighted by Gasteiger charge is -2.07. The summed E-state index contributed by atoms with van der Waals surface area (Å²) in [6, 6.07) is 13.7. The molecule has 1 unspecified atom stereocenters. The average molecular weight is 400 g/mol. The molecule has 1 atom stereocenters. The van der Waals surface area contributed by atoms with Gasteiger partial charge in [-0.3, -0.25) is 9.59 Å². The van der Waals surface area contributed by atoms with Crippen LogP contribution in [0.3, 0.4) is 0 Å². The van der Waals surface area contributed by atoms with E-state index >= 15 is 0 Å². The molecule has 0 fully saturated rings. The summed E-state index contributed by atoms with van der Waals surface area (Å²) >= 11 is 1.33. The summed E-state index contributed by atoms with van der Waals surface area (Å²) in [6.45, 7) is 2.62. The molecule has 0 aliphatic heterocycles. The van der Waals surface area contributed by atoms with Crippen molar-refractivity contribution in [2.24, 2.45) is 0 Å². The number of nitrogens with one attached hydrogen (secondary N) is 2. The molecular formula is C20H20N2O5S. The van der Waals surface area contributed by atoms with Gasteiger partial charge in [0.25, 0.3) is 0 Å². The van der Waals surface area contributed by atoms with Gasteiger partial charge in [-0.15, -0.1) is 11.3 Å². The largest absolute Gasteiger partial charge is 0.494 e. The van der Waals surface area contributed by atoms with Gasteiger partial charge in [0.05, 0.1) is 19.4 Å². The fraction of sp³-hybridized carbons (Fsp3) is 0.200. The van der Waals surface area contributed by atoms with Crippen molar-refractivity contribution in [3.8, 4) is 5.75 Å². The molecule has 146 valence electrons. The number of furan rings is 1. The summed E-state index contributed by atoms with van der Waals surface area (Å²) in [5.74, 6) is -0.352. The van der Waals surface area contributed by atoms with E-state index in [0.29, 0.717) is 28.7 Å². The van der Waals surface area contributed by atoms with Crippen molar-refractivity contribution in [1.82, 2.24) is 5.32 Å². The van der Waals surface area contributed by atoms with Gasteiger partial charge in [-0.1, -0.05) is 0 Å². The molecule has 0 spiro atoms. The Morgan fingerprint density at radius 2 is 1.93 bits per heavy atom. The number of aliphatic hydroxyl groups is 1. The van der Waals surface area contributed by atoms with Gasteiger partial charge >= 0.3 is 11.8 Å². The molecule has 2 heterocycles. The second-order valence-electron chi connectivity index (χ2n) is 5.82. The monoisotopic (exact) mass is 400 g/mol. The lowest BCUT2D eigenvalue weighted by Crippen LogP contribution is -2.34. The van der Waals surface area contributed by atoms with E-state index in [1.54, 1.807) is 48.5 Å². The summed E-state index contributed by atoms with van der Waals surface area (Å²) < 4.78 is 10.5. The minimum atomic E-state index is -0.854. The second kappa shape index (κ2) is 9.20. The number of rotatable bonds is 7. The van der Waals surface area contributed by atoms with Gasteiger partial charge in [-0.2, -0.15) is 0 Å². The standard InChI is InChI=1S/C20H20N2O5S/c1-2-26-14-7-5-13(6-8-14)22-20(25)19(24)21-12-15-9-10-17(28-15)18(23)16-4-3-11-27-16/h3-11,18,23H,2,12H2,1H3,(H,21,24)(H,22,25). The highest BCUT2D eigenvalue weighted by atomic mass is 32.1. The second-order valence-corrected chi connectivity index (χ2v) is 7.02. The first kappa shape index (κ1) is 19.7. The maximum atomic E-state index is 12.0. The molecule has 0 bridgehead atoms. The number of carbonyl (C=O) groups is 2. The Kier molecular flexibility index (Phi) is 6.46. The fourth-order valence-corrected chi connectivity index (χ4v) is 3.41. The number of ether oxygens (including phenoxy) is 1. The molecule has 8 heteroatoms. The quantitative estimate of drug-likeness (QED) is 0.529. The van der Waals surface area contributed by atoms with Crippen LogP contribution in [0.2, 0.25) is 0 Å². The third-order valence-corrected chi connectivity index (χ3v) is 4.95. The van der Waals surface area contributed by atoms with E-state index in [2.05, 4.69) is 10.6 Å². The van der Waals surface area contributed by atoms with Crippen molar-refractivity contribution in [2.75, 3.05) is 11.9 Å². The van der Waals surface area contributed by atoms with Gasteiger partial charge in [0, 0.05) is 15.4 Å². The molecule has 3 rings (SSSR count). The van der Waals surface area contributed by atoms with Gasteiger partial charge < -0.3 is 24.9 Å². The van der Waals surface area contributed by atoms with Crippen LogP contribution in [0.5, 0.6) is 5.75 Å². The maximum Gasteiger partial charge on any atom is 0.313 e. The first-order chi connectivity index (χ1) is 13.6. The Labute approximate surface area is 166 Å². The summed E-state index contributed by atoms with van der Waals surface area (Å²) in [4.78, 5) is 25.5. The lowest BCUT2D eigenvalue weighted by atomic mass is 10.2. The van der Waals surface area contributed by atoms with E-state index in [9.17, 15) is 14.7 Å². The average Bonchev–Trinajstić information content (AvgIpc) is 3.39. The summed E-state index contributed by atoms with van der Waals surface area (Å²) in [5, 5.41) is 15.3. The highest BCUT2D eigenvalue weighted by Gasteiger charge is 2.17. The SMILES string of the molecule is CCOc1ccc(NC(=O)C(=O)NCc2ccc(C(O)c3ccco3)s2)cc1. The van der Waals surface area contributed by atoms with E-state index < -0.39 is 17.9 Å². The van der Waals surface area contributed by atoms with Crippen LogP contribution < -0.4 is 15.4 Å². The third kappa shape index (κ3) is 4.99. The van der Waals surface area contributed by atoms with E-state index in [-0.39, 0.29) is 6.54 Å². The van der Waals surface area contributed by atoms with Crippen LogP contribution in [-0.2, 0) is 16.1 Å². The molecule has 0 radical (unpaired) electrons. The predicted octanol–water partition coefficient (Wildman–Crippen LogP) is 3.08. The molecule has 0 aliphatic carbocycles. The minimum absolute atomic E-state index is 0.186. The van der Waals surface area contributed by atoms with Gasteiger partial charge in [-0.05, 0) is 55.5 Å². The fourth-order valence-electron chi connectivity index (χ4n) is 2.46. The zero-order valence-corrected chi connectivity index (χ0v) is 16.0. The van der Waals surface area contributed by atoms with E-state index in [1.807, 2.05) is 6.92 Å². The number of amides is 2. The Morgan fingerprint density at radius 1 is 1.14 bits per heavy atom. The lowest BCUT2D eigenvalue weighted by molar-refractivity contribution is -0.136. The van der Waals surface area contributed by atoms with Gasteiger partial charge in [0.2, 0.25) is 0 Å². The van der Waals surface area contributed by atoms with E-state index in [0.717, 1.165) is 4.88 Å². The first-order valence-corrected chi connectivity index (χ1v) is 9.50. The van der Waals surface area contributed by atoms with Crippen molar-refractivity contribution in [3.63, 3.8) is 0 Å². The van der Waals surface area contributed by atoms with Crippen LogP contribution in [0, 0.1) is 0 Å². The molecule has 0 saturated carbocycles. The molecule has 3 aromatic rings. The summed E-state index contributed by atoms with van der Waals surface area (Å²) in [7, 11) is 0. The third-order valence-electron chi connectivity index (χ3n) is 3.82. The van der Waals surface area contributed by atoms with Crippen LogP contribution in [0.1, 0.15) is 28.5 Å². The molecule has 1 aromatic carbocycles. The van der Waals surface area contributed by atoms with Crippen molar-refractivity contribution >= 4 is 28.8 Å². The van der Waals surface area contributed by atoms with Crippen LogP contribution in [0.25, 0.3) is 0 Å². The molecule has 3 N–H and O–H groups in total. The van der Waals surface area contributed by atoms with Crippen LogP contribution in [-0.4, -0.2) is 23.5 Å². The van der Waals surface area contributed by atoms with Gasteiger partial charge in [-0.25, -0.2) is 0 Å². The zero-order chi connectivity index (χ0) is 19.9. The van der Waals surface area contributed by atoms with Gasteiger partial charge in [0.1, 0.15) is 17.6 Å². The molecule has 28 heavy (non-hydrogen) atoms. The minimum Gasteiger partial charge on any atom is -0.494 e. The number of benzene rings is 1. The Hall–Kier alpha value is -3.10. The van der Waals surface area contributed by atoms with Crippen molar-refractivity contribution < 1.29 is 23.8 Å². The predicted molar refractivity (Wildman–Crippen MR) is 105 cm³/mol. The van der Waals surface area contributed by atoms with E-state index in [4.69, 9.17) is 9.15 Å². The number of hydrogen-bond donors (Lipinski definition) is 3. The number of hydrogen-bond acceptors (Lipinski definition) is 6. The summed E-state index contributed by atoms with van der Waals surface area (Å²) in [5.41, 5.74) is 0.503. The molecule has 2 amide bonds. The van der Waals surface area contributed by atoms with Crippen LogP contribution in [0.15, 0.2) is 59.2 Å². The topological polar surface area (TPSA) is 101 Å². The van der Waals surface area contributed by atoms with Crippen LogP contribution in [0.4, 0.5) is 5.69 Å². The molecular weight excluding hydrogens is 380 g/mol. The maximum absolute atomic E-state index is 12.0. The number of thiophene rings is 1. The molecule has 0 saturated heterocycles. The Balaban J connectivity index is 1.50. The number of aliphatic hydroxyl groups excluding tert-OH is 1. The highest BCUT2D eigenvalue weighted by molar-refractivity contribution is 7.12. The normalized spacial score (nSPS) is 11.6.